The molecule has 26 heavy (non-hydrogen) atoms. The molecule has 1 N–H and O–H groups in total. The maximum atomic E-state index is 12.3. The Bertz CT molecular complexity index is 1120. The Morgan fingerprint density at radius 3 is 2.77 bits per heavy atom. The number of hydrogen-bond donors (Lipinski definition) is 1. The molecule has 0 bridgehead atoms. The van der Waals surface area contributed by atoms with Crippen molar-refractivity contribution < 1.29 is 9.26 Å². The van der Waals surface area contributed by atoms with Crippen LogP contribution >= 0.6 is 0 Å². The van der Waals surface area contributed by atoms with E-state index in [0.717, 1.165) is 22.6 Å². The van der Waals surface area contributed by atoms with Crippen LogP contribution in [0.3, 0.4) is 0 Å². The molecule has 6 nitrogen and oxygen atoms in total. The molecule has 2 aromatic heterocycles. The molecule has 2 aromatic carbocycles. The minimum absolute atomic E-state index is 0.160. The number of rotatable bonds is 4. The van der Waals surface area contributed by atoms with Crippen molar-refractivity contribution in [3.63, 3.8) is 0 Å². The predicted molar refractivity (Wildman–Crippen MR) is 98.1 cm³/mol. The Kier molecular flexibility index (Phi) is 4.01. The fourth-order valence-electron chi connectivity index (χ4n) is 2.82. The van der Waals surface area contributed by atoms with E-state index in [0.29, 0.717) is 29.1 Å². The van der Waals surface area contributed by atoms with Crippen LogP contribution in [0.15, 0.2) is 57.8 Å². The van der Waals surface area contributed by atoms with Gasteiger partial charge in [-0.25, -0.2) is 4.98 Å². The second-order valence-corrected chi connectivity index (χ2v) is 6.05. The highest BCUT2D eigenvalue weighted by atomic mass is 16.5. The highest BCUT2D eigenvalue weighted by Gasteiger charge is 2.11. The molecule has 2 heterocycles. The molecule has 0 aliphatic rings. The second-order valence-electron chi connectivity index (χ2n) is 6.05. The van der Waals surface area contributed by atoms with Crippen molar-refractivity contribution in [2.45, 2.75) is 20.5 Å². The van der Waals surface area contributed by atoms with Crippen molar-refractivity contribution in [2.24, 2.45) is 0 Å². The third-order valence-electron chi connectivity index (χ3n) is 4.28. The molecule has 4 aromatic rings. The first-order valence-electron chi connectivity index (χ1n) is 8.26. The molecule has 0 fully saturated rings. The van der Waals surface area contributed by atoms with Gasteiger partial charge in [0.25, 0.3) is 5.56 Å². The smallest absolute Gasteiger partial charge is 0.259 e. The van der Waals surface area contributed by atoms with E-state index in [9.17, 15) is 4.79 Å². The van der Waals surface area contributed by atoms with Gasteiger partial charge < -0.3 is 14.2 Å². The number of aromatic nitrogens is 3. The minimum atomic E-state index is -0.160. The lowest BCUT2D eigenvalue weighted by atomic mass is 10.2. The third-order valence-corrected chi connectivity index (χ3v) is 4.28. The maximum absolute atomic E-state index is 12.3. The van der Waals surface area contributed by atoms with Crippen LogP contribution in [0.25, 0.3) is 22.3 Å². The van der Waals surface area contributed by atoms with E-state index in [1.165, 1.54) is 0 Å². The standard InChI is InChI=1S/C20H17N3O3/c1-12-17(13(2)26-23-12)11-25-15-7-5-6-14(10-15)19-21-18-9-4-3-8-16(18)20(24)22-19/h3-10H,11H2,1-2H3,(H,21,22,24). The first-order valence-corrected chi connectivity index (χ1v) is 8.26. The predicted octanol–water partition coefficient (Wildman–Crippen LogP) is 3.77. The monoisotopic (exact) mass is 347 g/mol. The van der Waals surface area contributed by atoms with E-state index in [-0.39, 0.29) is 5.56 Å². The Balaban J connectivity index is 1.65. The summed E-state index contributed by atoms with van der Waals surface area (Å²) >= 11 is 0. The average molecular weight is 347 g/mol. The van der Waals surface area contributed by atoms with Crippen LogP contribution in [0.5, 0.6) is 5.75 Å². The third kappa shape index (κ3) is 2.97. The van der Waals surface area contributed by atoms with Crippen molar-refractivity contribution in [1.82, 2.24) is 15.1 Å². The molecule has 0 saturated carbocycles. The fraction of sp³-hybridized carbons (Fsp3) is 0.150. The van der Waals surface area contributed by atoms with E-state index < -0.39 is 0 Å². The van der Waals surface area contributed by atoms with Gasteiger partial charge in [0.05, 0.1) is 22.2 Å². The van der Waals surface area contributed by atoms with E-state index in [2.05, 4.69) is 15.1 Å². The maximum Gasteiger partial charge on any atom is 0.259 e. The lowest BCUT2D eigenvalue weighted by Gasteiger charge is -2.08. The molecule has 6 heteroatoms. The van der Waals surface area contributed by atoms with Crippen molar-refractivity contribution >= 4 is 10.9 Å². The molecule has 0 amide bonds. The highest BCUT2D eigenvalue weighted by Crippen LogP contribution is 2.23. The number of para-hydroxylation sites is 1. The fourth-order valence-corrected chi connectivity index (χ4v) is 2.82. The molecule has 0 aliphatic heterocycles. The van der Waals surface area contributed by atoms with Gasteiger partial charge in [-0.3, -0.25) is 4.79 Å². The van der Waals surface area contributed by atoms with Crippen molar-refractivity contribution in [1.29, 1.82) is 0 Å². The summed E-state index contributed by atoms with van der Waals surface area (Å²) in [5.41, 5.74) is 3.04. The number of ether oxygens (including phenoxy) is 1. The first-order chi connectivity index (χ1) is 12.6. The van der Waals surface area contributed by atoms with Gasteiger partial charge in [-0.2, -0.15) is 0 Å². The number of fused-ring (bicyclic) bond motifs is 1. The Morgan fingerprint density at radius 2 is 1.96 bits per heavy atom. The minimum Gasteiger partial charge on any atom is -0.489 e. The van der Waals surface area contributed by atoms with Crippen molar-refractivity contribution in [3.05, 3.63) is 75.9 Å². The molecule has 4 rings (SSSR count). The summed E-state index contributed by atoms with van der Waals surface area (Å²) in [4.78, 5) is 19.7. The molecule has 0 unspecified atom stereocenters. The van der Waals surface area contributed by atoms with Gasteiger partial charge in [0, 0.05) is 5.56 Å². The molecular formula is C20H17N3O3. The largest absolute Gasteiger partial charge is 0.489 e. The van der Waals surface area contributed by atoms with Gasteiger partial charge in [0.1, 0.15) is 23.9 Å². The summed E-state index contributed by atoms with van der Waals surface area (Å²) in [7, 11) is 0. The molecule has 0 spiro atoms. The number of aryl methyl sites for hydroxylation is 2. The second kappa shape index (κ2) is 6.48. The quantitative estimate of drug-likeness (QED) is 0.608. The lowest BCUT2D eigenvalue weighted by molar-refractivity contribution is 0.302. The van der Waals surface area contributed by atoms with Gasteiger partial charge in [-0.1, -0.05) is 29.4 Å². The molecular weight excluding hydrogens is 330 g/mol. The van der Waals surface area contributed by atoms with Crippen LogP contribution in [-0.2, 0) is 6.61 Å². The number of nitrogens with zero attached hydrogens (tertiary/aromatic N) is 2. The zero-order chi connectivity index (χ0) is 18.1. The number of aromatic amines is 1. The van der Waals surface area contributed by atoms with Gasteiger partial charge in [0.15, 0.2) is 0 Å². The van der Waals surface area contributed by atoms with Crippen LogP contribution in [0.1, 0.15) is 17.0 Å². The summed E-state index contributed by atoms with van der Waals surface area (Å²) in [6, 6.07) is 14.7. The zero-order valence-corrected chi connectivity index (χ0v) is 14.4. The summed E-state index contributed by atoms with van der Waals surface area (Å²) in [5, 5.41) is 4.50. The van der Waals surface area contributed by atoms with Gasteiger partial charge in [0.2, 0.25) is 0 Å². The first kappa shape index (κ1) is 16.1. The van der Waals surface area contributed by atoms with E-state index in [4.69, 9.17) is 9.26 Å². The summed E-state index contributed by atoms with van der Waals surface area (Å²) in [5.74, 6) is 1.94. The molecule has 0 radical (unpaired) electrons. The van der Waals surface area contributed by atoms with E-state index >= 15 is 0 Å². The van der Waals surface area contributed by atoms with Gasteiger partial charge in [-0.15, -0.1) is 0 Å². The normalized spacial score (nSPS) is 11.0. The van der Waals surface area contributed by atoms with Crippen LogP contribution in [-0.4, -0.2) is 15.1 Å². The van der Waals surface area contributed by atoms with Crippen LogP contribution in [0, 0.1) is 13.8 Å². The van der Waals surface area contributed by atoms with E-state index in [1.54, 1.807) is 6.07 Å². The molecule has 0 saturated heterocycles. The van der Waals surface area contributed by atoms with Crippen molar-refractivity contribution in [3.8, 4) is 17.1 Å². The highest BCUT2D eigenvalue weighted by molar-refractivity contribution is 5.79. The number of hydrogen-bond acceptors (Lipinski definition) is 5. The topological polar surface area (TPSA) is 81.0 Å². The Hall–Kier alpha value is -3.41. The summed E-state index contributed by atoms with van der Waals surface area (Å²) in [6.45, 7) is 4.11. The number of benzene rings is 2. The Labute approximate surface area is 149 Å². The zero-order valence-electron chi connectivity index (χ0n) is 14.4. The summed E-state index contributed by atoms with van der Waals surface area (Å²) < 4.78 is 11.0. The van der Waals surface area contributed by atoms with Gasteiger partial charge in [-0.05, 0) is 38.1 Å². The molecule has 0 atom stereocenters. The number of nitrogens with one attached hydrogen (secondary N) is 1. The molecule has 0 aliphatic carbocycles. The van der Waals surface area contributed by atoms with Crippen molar-refractivity contribution in [2.75, 3.05) is 0 Å². The number of H-pyrrole nitrogens is 1. The van der Waals surface area contributed by atoms with Crippen LogP contribution < -0.4 is 10.3 Å². The molecule has 130 valence electrons. The van der Waals surface area contributed by atoms with E-state index in [1.807, 2.05) is 56.3 Å². The van der Waals surface area contributed by atoms with Crippen LogP contribution in [0.2, 0.25) is 0 Å². The average Bonchev–Trinajstić information content (AvgIpc) is 2.98. The van der Waals surface area contributed by atoms with Gasteiger partial charge >= 0.3 is 0 Å². The Morgan fingerprint density at radius 1 is 1.12 bits per heavy atom. The SMILES string of the molecule is Cc1noc(C)c1COc1cccc(-c2nc3ccccc3c(=O)[nH]2)c1. The lowest BCUT2D eigenvalue weighted by Crippen LogP contribution is -2.09. The van der Waals surface area contributed by atoms with Crippen LogP contribution in [0.4, 0.5) is 0 Å². The summed E-state index contributed by atoms with van der Waals surface area (Å²) in [6.07, 6.45) is 0.